The number of carbonyl (C=O) groups excluding carboxylic acids is 2. The lowest BCUT2D eigenvalue weighted by Crippen LogP contribution is -2.43. The fourth-order valence-corrected chi connectivity index (χ4v) is 2.83. The summed E-state index contributed by atoms with van der Waals surface area (Å²) in [5.74, 6) is -1.18. The minimum absolute atomic E-state index is 0.0387. The largest absolute Gasteiger partial charge is 0.370 e. The third-order valence-electron chi connectivity index (χ3n) is 4.18. The summed E-state index contributed by atoms with van der Waals surface area (Å²) < 4.78 is 0. The van der Waals surface area contributed by atoms with Gasteiger partial charge in [0.25, 0.3) is 0 Å². The van der Waals surface area contributed by atoms with Crippen molar-refractivity contribution < 1.29 is 9.59 Å². The predicted octanol–water partition coefficient (Wildman–Crippen LogP) is 1.47. The molecule has 0 saturated heterocycles. The second-order valence-corrected chi connectivity index (χ2v) is 5.61. The molecule has 2 amide bonds. The predicted molar refractivity (Wildman–Crippen MR) is 90.7 cm³/mol. The number of benzene rings is 2. The van der Waals surface area contributed by atoms with Gasteiger partial charge in [-0.1, -0.05) is 24.3 Å². The Hall–Kier alpha value is -3.64. The van der Waals surface area contributed by atoms with Gasteiger partial charge in [0.1, 0.15) is 0 Å². The number of hydrogen-bond acceptors (Lipinski definition) is 4. The van der Waals surface area contributed by atoms with Gasteiger partial charge in [-0.05, 0) is 41.8 Å². The maximum absolute atomic E-state index is 12.5. The molecule has 0 spiro atoms. The van der Waals surface area contributed by atoms with Gasteiger partial charge in [0.05, 0.1) is 28.7 Å². The Balaban J connectivity index is 2.65. The molecule has 2 rings (SSSR count). The van der Waals surface area contributed by atoms with E-state index in [1.54, 1.807) is 48.5 Å². The summed E-state index contributed by atoms with van der Waals surface area (Å²) in [5.41, 5.74) is 11.7. The molecule has 0 atom stereocenters. The van der Waals surface area contributed by atoms with Crippen LogP contribution < -0.4 is 11.5 Å². The molecule has 0 aromatic heterocycles. The van der Waals surface area contributed by atoms with Gasteiger partial charge in [0.2, 0.25) is 11.8 Å². The van der Waals surface area contributed by atoms with Crippen LogP contribution in [0.25, 0.3) is 0 Å². The molecule has 0 radical (unpaired) electrons. The highest BCUT2D eigenvalue weighted by molar-refractivity contribution is 5.91. The lowest BCUT2D eigenvalue weighted by molar-refractivity contribution is -0.123. The zero-order valence-corrected chi connectivity index (χ0v) is 13.4. The first-order valence-corrected chi connectivity index (χ1v) is 7.53. The van der Waals surface area contributed by atoms with Crippen LogP contribution in [0, 0.1) is 22.7 Å². The van der Waals surface area contributed by atoms with Crippen molar-refractivity contribution in [2.75, 3.05) is 0 Å². The Labute approximate surface area is 145 Å². The van der Waals surface area contributed by atoms with Crippen molar-refractivity contribution in [3.05, 3.63) is 70.8 Å². The van der Waals surface area contributed by atoms with Crippen LogP contribution in [0.4, 0.5) is 0 Å². The molecule has 6 heteroatoms. The Bertz CT molecular complexity index is 814. The molecule has 0 aliphatic carbocycles. The monoisotopic (exact) mass is 332 g/mol. The highest BCUT2D eigenvalue weighted by Crippen LogP contribution is 2.37. The van der Waals surface area contributed by atoms with E-state index < -0.39 is 17.2 Å². The second-order valence-electron chi connectivity index (χ2n) is 5.61. The van der Waals surface area contributed by atoms with Crippen LogP contribution >= 0.6 is 0 Å². The van der Waals surface area contributed by atoms with E-state index in [2.05, 4.69) is 0 Å². The minimum Gasteiger partial charge on any atom is -0.370 e. The van der Waals surface area contributed by atoms with E-state index in [4.69, 9.17) is 22.0 Å². The summed E-state index contributed by atoms with van der Waals surface area (Å²) >= 11 is 0. The zero-order chi connectivity index (χ0) is 18.4. The molecular formula is C19H16N4O2. The molecule has 25 heavy (non-hydrogen) atoms. The van der Waals surface area contributed by atoms with Gasteiger partial charge in [0, 0.05) is 6.42 Å². The molecule has 0 saturated carbocycles. The first-order chi connectivity index (χ1) is 11.9. The van der Waals surface area contributed by atoms with Crippen molar-refractivity contribution >= 4 is 11.8 Å². The van der Waals surface area contributed by atoms with Crippen LogP contribution in [-0.2, 0) is 15.0 Å². The minimum atomic E-state index is -1.28. The average Bonchev–Trinajstić information content (AvgIpc) is 2.62. The SMILES string of the molecule is N#Cc1ccc(C(CCC(N)=O)(C(N)=O)c2ccc(C#N)cc2)cc1. The molecule has 2 aromatic carbocycles. The molecule has 4 N–H and O–H groups in total. The van der Waals surface area contributed by atoms with E-state index in [1.165, 1.54) is 0 Å². The lowest BCUT2D eigenvalue weighted by Gasteiger charge is -2.31. The van der Waals surface area contributed by atoms with E-state index in [0.717, 1.165) is 0 Å². The zero-order valence-electron chi connectivity index (χ0n) is 13.4. The lowest BCUT2D eigenvalue weighted by atomic mass is 9.70. The van der Waals surface area contributed by atoms with Crippen LogP contribution in [0.1, 0.15) is 35.1 Å². The van der Waals surface area contributed by atoms with E-state index in [0.29, 0.717) is 22.3 Å². The quantitative estimate of drug-likeness (QED) is 0.828. The van der Waals surface area contributed by atoms with Gasteiger partial charge in [-0.25, -0.2) is 0 Å². The van der Waals surface area contributed by atoms with Crippen LogP contribution in [0.5, 0.6) is 0 Å². The number of carbonyl (C=O) groups is 2. The van der Waals surface area contributed by atoms with Crippen molar-refractivity contribution in [3.63, 3.8) is 0 Å². The molecule has 0 fully saturated rings. The standard InChI is InChI=1S/C19H16N4O2/c20-11-13-1-5-15(6-2-13)19(18(23)25,10-9-17(22)24)16-7-3-14(12-21)4-8-16/h1-8H,9-10H2,(H2,22,24)(H2,23,25). The topological polar surface area (TPSA) is 134 Å². The highest BCUT2D eigenvalue weighted by atomic mass is 16.1. The van der Waals surface area contributed by atoms with E-state index >= 15 is 0 Å². The number of primary amides is 2. The van der Waals surface area contributed by atoms with Crippen molar-refractivity contribution in [1.29, 1.82) is 10.5 Å². The van der Waals surface area contributed by atoms with E-state index in [9.17, 15) is 9.59 Å². The highest BCUT2D eigenvalue weighted by Gasteiger charge is 2.40. The third-order valence-corrected chi connectivity index (χ3v) is 4.18. The van der Waals surface area contributed by atoms with Crippen molar-refractivity contribution in [1.82, 2.24) is 0 Å². The smallest absolute Gasteiger partial charge is 0.232 e. The number of nitriles is 2. The van der Waals surface area contributed by atoms with Gasteiger partial charge >= 0.3 is 0 Å². The van der Waals surface area contributed by atoms with Gasteiger partial charge in [-0.2, -0.15) is 10.5 Å². The van der Waals surface area contributed by atoms with Gasteiger partial charge in [-0.15, -0.1) is 0 Å². The molecule has 0 aliphatic rings. The Morgan fingerprint density at radius 2 is 1.24 bits per heavy atom. The maximum Gasteiger partial charge on any atom is 0.232 e. The molecule has 0 aliphatic heterocycles. The van der Waals surface area contributed by atoms with Crippen molar-refractivity contribution in [2.45, 2.75) is 18.3 Å². The van der Waals surface area contributed by atoms with Crippen LogP contribution in [0.3, 0.4) is 0 Å². The molecule has 6 nitrogen and oxygen atoms in total. The Morgan fingerprint density at radius 1 is 0.840 bits per heavy atom. The van der Waals surface area contributed by atoms with Crippen LogP contribution in [0.15, 0.2) is 48.5 Å². The molecule has 0 bridgehead atoms. The molecule has 124 valence electrons. The number of nitrogens with zero attached hydrogens (tertiary/aromatic N) is 2. The van der Waals surface area contributed by atoms with Crippen molar-refractivity contribution in [3.8, 4) is 12.1 Å². The molecule has 0 heterocycles. The van der Waals surface area contributed by atoms with E-state index in [-0.39, 0.29) is 12.8 Å². The number of rotatable bonds is 6. The fourth-order valence-electron chi connectivity index (χ4n) is 2.83. The fraction of sp³-hybridized carbons (Fsp3) is 0.158. The first kappa shape index (κ1) is 17.7. The summed E-state index contributed by atoms with van der Waals surface area (Å²) in [6.07, 6.45) is 0.0540. The number of amides is 2. The van der Waals surface area contributed by atoms with Crippen LogP contribution in [0.2, 0.25) is 0 Å². The third kappa shape index (κ3) is 3.49. The molecule has 2 aromatic rings. The normalized spacial score (nSPS) is 10.5. The maximum atomic E-state index is 12.5. The second kappa shape index (κ2) is 7.29. The summed E-state index contributed by atoms with van der Waals surface area (Å²) in [6, 6.07) is 16.9. The summed E-state index contributed by atoms with van der Waals surface area (Å²) in [4.78, 5) is 23.8. The summed E-state index contributed by atoms with van der Waals surface area (Å²) in [7, 11) is 0. The summed E-state index contributed by atoms with van der Waals surface area (Å²) in [6.45, 7) is 0. The molecular weight excluding hydrogens is 316 g/mol. The van der Waals surface area contributed by atoms with E-state index in [1.807, 2.05) is 12.1 Å². The van der Waals surface area contributed by atoms with Gasteiger partial charge < -0.3 is 11.5 Å². The Kier molecular flexibility index (Phi) is 5.16. The average molecular weight is 332 g/mol. The number of nitrogens with two attached hydrogens (primary N) is 2. The van der Waals surface area contributed by atoms with Gasteiger partial charge in [0.15, 0.2) is 0 Å². The Morgan fingerprint density at radius 3 is 1.52 bits per heavy atom. The molecule has 0 unspecified atom stereocenters. The first-order valence-electron chi connectivity index (χ1n) is 7.53. The van der Waals surface area contributed by atoms with Crippen LogP contribution in [-0.4, -0.2) is 11.8 Å². The summed E-state index contributed by atoms with van der Waals surface area (Å²) in [5, 5.41) is 17.9. The van der Waals surface area contributed by atoms with Gasteiger partial charge in [-0.3, -0.25) is 9.59 Å². The number of hydrogen-bond donors (Lipinski definition) is 2. The van der Waals surface area contributed by atoms with Crippen molar-refractivity contribution in [2.24, 2.45) is 11.5 Å².